The fraction of sp³-hybridized carbons (Fsp3) is 0.667. The van der Waals surface area contributed by atoms with Crippen LogP contribution in [-0.4, -0.2) is 24.3 Å². The van der Waals surface area contributed by atoms with Gasteiger partial charge in [0.2, 0.25) is 5.91 Å². The number of aliphatic imine (C=N–C) groups is 1. The summed E-state index contributed by atoms with van der Waals surface area (Å²) in [5.74, 6) is -1.20. The van der Waals surface area contributed by atoms with Crippen LogP contribution in [0.4, 0.5) is 0 Å². The number of amides is 2. The van der Waals surface area contributed by atoms with E-state index in [4.69, 9.17) is 4.79 Å². The van der Waals surface area contributed by atoms with E-state index >= 15 is 0 Å². The minimum absolute atomic E-state index is 0. The van der Waals surface area contributed by atoms with Crippen molar-refractivity contribution in [1.82, 2.24) is 5.32 Å². The van der Waals surface area contributed by atoms with Crippen molar-refractivity contribution < 1.29 is 53.3 Å². The summed E-state index contributed by atoms with van der Waals surface area (Å²) >= 11 is 4.32. The first kappa shape index (κ1) is 22.6. The average molecular weight is 329 g/mol. The molecule has 2 amide bonds. The predicted octanol–water partition coefficient (Wildman–Crippen LogP) is -2.49. The Bertz CT molecular complexity index is 405. The largest absolute Gasteiger partial charge is 1.00 e. The van der Waals surface area contributed by atoms with Gasteiger partial charge in [0, 0.05) is 0 Å². The summed E-state index contributed by atoms with van der Waals surface area (Å²) in [7, 11) is 0. The first-order chi connectivity index (χ1) is 9.40. The molecule has 1 heterocycles. The van der Waals surface area contributed by atoms with Gasteiger partial charge in [-0.15, -0.1) is 0 Å². The summed E-state index contributed by atoms with van der Waals surface area (Å²) in [6.45, 7) is 5.76. The molecule has 114 valence electrons. The predicted molar refractivity (Wildman–Crippen MR) is 70.4 cm³/mol. The van der Waals surface area contributed by atoms with Crippen molar-refractivity contribution >= 4 is 36.2 Å². The summed E-state index contributed by atoms with van der Waals surface area (Å²) in [6, 6.07) is -0.845. The standard InChI is InChI=1S/C11H18N2O3.CHClO2.Na/c1-4-6-7(3)11(5-2)8(14)12-10(16)13-9(11)15;2-4-1-3;/h7H,4-6H2,1-3H3,(H2,12,13,14,15,16);1H;/q;;+1/p-1. The van der Waals surface area contributed by atoms with E-state index in [1.807, 2.05) is 13.8 Å². The molecule has 7 nitrogen and oxygen atoms in total. The van der Waals surface area contributed by atoms with E-state index < -0.39 is 23.3 Å². The molecule has 1 N–H and O–H groups in total. The van der Waals surface area contributed by atoms with Gasteiger partial charge >= 0.3 is 36.0 Å². The zero-order valence-corrected chi connectivity index (χ0v) is 15.4. The summed E-state index contributed by atoms with van der Waals surface area (Å²) in [6.07, 6.45) is 2.02. The topological polar surface area (TPSA) is 108 Å². The van der Waals surface area contributed by atoms with Gasteiger partial charge in [-0.25, -0.2) is 4.99 Å². The molecule has 0 saturated carbocycles. The van der Waals surface area contributed by atoms with Crippen LogP contribution in [0, 0.1) is 11.3 Å². The van der Waals surface area contributed by atoms with Gasteiger partial charge in [0.15, 0.2) is 0 Å². The average Bonchev–Trinajstić information content (AvgIpc) is 2.39. The molecular weight excluding hydrogens is 311 g/mol. The van der Waals surface area contributed by atoms with Crippen molar-refractivity contribution in [1.29, 1.82) is 0 Å². The number of carbonyl (C=O) groups is 3. The molecule has 1 aliphatic heterocycles. The third-order valence-electron chi connectivity index (χ3n) is 3.37. The van der Waals surface area contributed by atoms with Gasteiger partial charge in [0.25, 0.3) is 5.91 Å². The van der Waals surface area contributed by atoms with Crippen LogP contribution in [0.2, 0.25) is 0 Å². The Morgan fingerprint density at radius 1 is 1.48 bits per heavy atom. The van der Waals surface area contributed by atoms with E-state index in [0.29, 0.717) is 6.42 Å². The molecule has 0 bridgehead atoms. The van der Waals surface area contributed by atoms with Crippen LogP contribution in [-0.2, 0) is 18.7 Å². The monoisotopic (exact) mass is 328 g/mol. The fourth-order valence-electron chi connectivity index (χ4n) is 2.30. The van der Waals surface area contributed by atoms with Crippen LogP contribution in [0.15, 0.2) is 4.99 Å². The van der Waals surface area contributed by atoms with Gasteiger partial charge in [-0.3, -0.25) is 14.4 Å². The fourth-order valence-corrected chi connectivity index (χ4v) is 2.30. The Kier molecular flexibility index (Phi) is 11.9. The molecular formula is C12H18ClN2NaO5. The first-order valence-electron chi connectivity index (χ1n) is 6.23. The van der Waals surface area contributed by atoms with Crippen molar-refractivity contribution in [2.24, 2.45) is 16.3 Å². The number of rotatable bonds is 5. The maximum Gasteiger partial charge on any atom is 1.00 e. The zero-order chi connectivity index (χ0) is 15.8. The van der Waals surface area contributed by atoms with Crippen LogP contribution >= 0.6 is 11.9 Å². The van der Waals surface area contributed by atoms with Gasteiger partial charge in [0.1, 0.15) is 17.3 Å². The molecule has 0 radical (unpaired) electrons. The van der Waals surface area contributed by atoms with Crippen molar-refractivity contribution in [3.05, 3.63) is 0 Å². The molecule has 1 rings (SSSR count). The molecule has 2 atom stereocenters. The Morgan fingerprint density at radius 3 is 2.33 bits per heavy atom. The van der Waals surface area contributed by atoms with Crippen LogP contribution < -0.4 is 40.0 Å². The van der Waals surface area contributed by atoms with Crippen LogP contribution in [0.1, 0.15) is 40.0 Å². The summed E-state index contributed by atoms with van der Waals surface area (Å²) in [5, 5.41) is 13.1. The molecule has 0 aromatic carbocycles. The summed E-state index contributed by atoms with van der Waals surface area (Å²) < 4.78 is 3.33. The molecule has 0 fully saturated rings. The number of nitrogens with zero attached hydrogens (tertiary/aromatic N) is 1. The van der Waals surface area contributed by atoms with Crippen LogP contribution in [0.25, 0.3) is 0 Å². The molecule has 9 heteroatoms. The van der Waals surface area contributed by atoms with Gasteiger partial charge in [-0.1, -0.05) is 27.2 Å². The molecule has 0 saturated heterocycles. The molecule has 21 heavy (non-hydrogen) atoms. The Morgan fingerprint density at radius 2 is 2.00 bits per heavy atom. The van der Waals surface area contributed by atoms with E-state index in [9.17, 15) is 14.7 Å². The van der Waals surface area contributed by atoms with Crippen LogP contribution in [0.3, 0.4) is 0 Å². The number of carbonyl (C=O) groups excluding carboxylic acids is 3. The quantitative estimate of drug-likeness (QED) is 0.341. The third-order valence-corrected chi connectivity index (χ3v) is 3.44. The number of hydrogen-bond acceptors (Lipinski definition) is 5. The third kappa shape index (κ3) is 5.58. The van der Waals surface area contributed by atoms with Gasteiger partial charge < -0.3 is 14.7 Å². The molecule has 0 aromatic heterocycles. The van der Waals surface area contributed by atoms with E-state index in [-0.39, 0.29) is 41.9 Å². The Hall–Kier alpha value is -0.630. The number of halogens is 1. The molecule has 1 aliphatic rings. The maximum atomic E-state index is 11.9. The van der Waals surface area contributed by atoms with Crippen molar-refractivity contribution in [3.8, 4) is 0 Å². The molecule has 0 aromatic rings. The number of amidine groups is 1. The second-order valence-electron chi connectivity index (χ2n) is 4.38. The minimum atomic E-state index is -1.15. The van der Waals surface area contributed by atoms with Gasteiger partial charge in [0.05, 0.1) is 6.02 Å². The normalized spacial score (nSPS) is 21.8. The van der Waals surface area contributed by atoms with E-state index in [2.05, 4.69) is 26.5 Å². The summed E-state index contributed by atoms with van der Waals surface area (Å²) in [5.41, 5.74) is -1.15. The smallest absolute Gasteiger partial charge is 0.846 e. The van der Waals surface area contributed by atoms with E-state index in [0.717, 1.165) is 12.8 Å². The number of hydrogen-bond donors (Lipinski definition) is 1. The second kappa shape index (κ2) is 11.0. The second-order valence-corrected chi connectivity index (χ2v) is 4.55. The molecule has 2 unspecified atom stereocenters. The Labute approximate surface area is 150 Å². The summed E-state index contributed by atoms with van der Waals surface area (Å²) in [4.78, 5) is 35.9. The maximum absolute atomic E-state index is 11.9. The van der Waals surface area contributed by atoms with Crippen molar-refractivity contribution in [2.75, 3.05) is 0 Å². The molecule has 0 aliphatic carbocycles. The minimum Gasteiger partial charge on any atom is -0.846 e. The van der Waals surface area contributed by atoms with Crippen LogP contribution in [0.5, 0.6) is 0 Å². The van der Waals surface area contributed by atoms with Gasteiger partial charge in [-0.05, 0) is 18.8 Å². The SMILES string of the molecule is CCCC(C)C1(CC)C(=O)N=C([O-])NC1=O.O=COCl.[Na+]. The van der Waals surface area contributed by atoms with E-state index in [1.54, 1.807) is 6.92 Å². The van der Waals surface area contributed by atoms with Gasteiger partial charge in [-0.2, -0.15) is 0 Å². The van der Waals surface area contributed by atoms with Crippen molar-refractivity contribution in [3.63, 3.8) is 0 Å². The van der Waals surface area contributed by atoms with Crippen molar-refractivity contribution in [2.45, 2.75) is 40.0 Å². The number of nitrogens with one attached hydrogen (secondary N) is 1. The zero-order valence-electron chi connectivity index (χ0n) is 12.6. The van der Waals surface area contributed by atoms with E-state index in [1.165, 1.54) is 0 Å². The first-order valence-corrected chi connectivity index (χ1v) is 6.54. The molecule has 0 spiro atoms. The Balaban J connectivity index is 0.